The van der Waals surface area contributed by atoms with Gasteiger partial charge in [0.25, 0.3) is 5.56 Å². The van der Waals surface area contributed by atoms with Crippen LogP contribution in [0.4, 0.5) is 0 Å². The lowest BCUT2D eigenvalue weighted by molar-refractivity contribution is 0.593. The van der Waals surface area contributed by atoms with Gasteiger partial charge in [0.2, 0.25) is 0 Å². The van der Waals surface area contributed by atoms with Gasteiger partial charge in [-0.2, -0.15) is 15.1 Å². The monoisotopic (exact) mass is 378 g/mol. The highest BCUT2D eigenvalue weighted by atomic mass is 32.1. The second-order valence-corrected chi connectivity index (χ2v) is 5.98. The van der Waals surface area contributed by atoms with E-state index in [1.54, 1.807) is 47.3 Å². The molecule has 0 bridgehead atoms. The van der Waals surface area contributed by atoms with Crippen LogP contribution in [-0.2, 0) is 22.4 Å². The largest absolute Gasteiger partial charge is 0.550 e. The molecule has 0 spiro atoms. The van der Waals surface area contributed by atoms with E-state index in [1.807, 2.05) is 0 Å². The van der Waals surface area contributed by atoms with Crippen LogP contribution in [0.25, 0.3) is 28.2 Å². The van der Waals surface area contributed by atoms with Crippen LogP contribution >= 0.6 is 0 Å². The molecule has 0 aromatic carbocycles. The molecular formula is C17H12N7O2S+. The van der Waals surface area contributed by atoms with Gasteiger partial charge in [-0.1, -0.05) is 12.1 Å². The Morgan fingerprint density at radius 3 is 2.74 bits per heavy atom. The molecule has 4 aromatic heterocycles. The predicted octanol–water partition coefficient (Wildman–Crippen LogP) is 1.41. The number of aromatic nitrogens is 7. The van der Waals surface area contributed by atoms with Gasteiger partial charge in [0.1, 0.15) is 11.1 Å². The fourth-order valence-corrected chi connectivity index (χ4v) is 2.91. The van der Waals surface area contributed by atoms with Crippen molar-refractivity contribution < 1.29 is 4.21 Å². The minimum atomic E-state index is -0.293. The summed E-state index contributed by atoms with van der Waals surface area (Å²) in [5.41, 5.74) is 1.20. The SMILES string of the molecule is C=CCn1c(=O)c2cnc([S+]=O)nc2n1-c1cccc(-c2cccnn2)n1. The third-order valence-corrected chi connectivity index (χ3v) is 4.16. The number of fused-ring (bicyclic) bond motifs is 1. The molecule has 0 fully saturated rings. The molecule has 0 aliphatic rings. The summed E-state index contributed by atoms with van der Waals surface area (Å²) in [6.07, 6.45) is 4.53. The van der Waals surface area contributed by atoms with Crippen molar-refractivity contribution in [3.8, 4) is 17.2 Å². The molecule has 10 heteroatoms. The second kappa shape index (κ2) is 6.92. The van der Waals surface area contributed by atoms with Crippen LogP contribution < -0.4 is 5.56 Å². The summed E-state index contributed by atoms with van der Waals surface area (Å²) in [6.45, 7) is 3.94. The first-order valence-electron chi connectivity index (χ1n) is 7.87. The molecule has 0 saturated heterocycles. The lowest BCUT2D eigenvalue weighted by Crippen LogP contribution is -2.22. The summed E-state index contributed by atoms with van der Waals surface area (Å²) in [5, 5.41) is 8.24. The Morgan fingerprint density at radius 2 is 2.00 bits per heavy atom. The lowest BCUT2D eigenvalue weighted by Gasteiger charge is -2.10. The van der Waals surface area contributed by atoms with Crippen molar-refractivity contribution >= 4 is 22.7 Å². The van der Waals surface area contributed by atoms with Gasteiger partial charge in [-0.25, -0.2) is 14.3 Å². The molecule has 0 saturated carbocycles. The Labute approximate surface area is 156 Å². The molecule has 4 heterocycles. The number of nitrogens with zero attached hydrogens (tertiary/aromatic N) is 7. The Morgan fingerprint density at radius 1 is 1.15 bits per heavy atom. The maximum atomic E-state index is 12.7. The Hall–Kier alpha value is -3.66. The van der Waals surface area contributed by atoms with Crippen molar-refractivity contribution in [1.29, 1.82) is 0 Å². The molecule has 4 aromatic rings. The zero-order valence-corrected chi connectivity index (χ0v) is 14.7. The maximum absolute atomic E-state index is 12.7. The van der Waals surface area contributed by atoms with E-state index in [4.69, 9.17) is 0 Å². The van der Waals surface area contributed by atoms with Gasteiger partial charge >= 0.3 is 16.8 Å². The van der Waals surface area contributed by atoms with Crippen molar-refractivity contribution in [1.82, 2.24) is 34.5 Å². The topological polar surface area (TPSA) is 108 Å². The first-order valence-corrected chi connectivity index (χ1v) is 8.62. The van der Waals surface area contributed by atoms with Crippen LogP contribution in [0.5, 0.6) is 0 Å². The molecule has 0 aliphatic heterocycles. The molecule has 4 rings (SSSR count). The van der Waals surface area contributed by atoms with Crippen LogP contribution in [0.1, 0.15) is 0 Å². The van der Waals surface area contributed by atoms with Gasteiger partial charge in [-0.3, -0.25) is 4.79 Å². The van der Waals surface area contributed by atoms with Crippen molar-refractivity contribution in [2.24, 2.45) is 0 Å². The minimum absolute atomic E-state index is 0.0251. The fourth-order valence-electron chi connectivity index (χ4n) is 2.69. The van der Waals surface area contributed by atoms with Gasteiger partial charge in [0.15, 0.2) is 11.5 Å². The normalized spacial score (nSPS) is 10.8. The third kappa shape index (κ3) is 2.91. The summed E-state index contributed by atoms with van der Waals surface area (Å²) < 4.78 is 14.1. The van der Waals surface area contributed by atoms with Crippen LogP contribution in [0.15, 0.2) is 65.3 Å². The average molecular weight is 378 g/mol. The average Bonchev–Trinajstić information content (AvgIpc) is 3.00. The van der Waals surface area contributed by atoms with Crippen LogP contribution in [0.2, 0.25) is 0 Å². The molecule has 0 radical (unpaired) electrons. The van der Waals surface area contributed by atoms with Crippen LogP contribution in [0.3, 0.4) is 0 Å². The minimum Gasteiger partial charge on any atom is -0.267 e. The molecular weight excluding hydrogens is 366 g/mol. The lowest BCUT2D eigenvalue weighted by atomic mass is 10.2. The Bertz CT molecular complexity index is 1220. The molecule has 27 heavy (non-hydrogen) atoms. The number of allylic oxidation sites excluding steroid dienone is 1. The molecule has 0 aliphatic carbocycles. The van der Waals surface area contributed by atoms with Gasteiger partial charge in [0, 0.05) is 10.4 Å². The van der Waals surface area contributed by atoms with E-state index < -0.39 is 0 Å². The summed E-state index contributed by atoms with van der Waals surface area (Å²) in [5.74, 6) is 0.452. The van der Waals surface area contributed by atoms with Crippen LogP contribution in [-0.4, -0.2) is 34.5 Å². The summed E-state index contributed by atoms with van der Waals surface area (Å²) in [4.78, 5) is 25.5. The summed E-state index contributed by atoms with van der Waals surface area (Å²) in [7, 11) is 0. The van der Waals surface area contributed by atoms with Crippen molar-refractivity contribution in [2.75, 3.05) is 0 Å². The number of hydrogen-bond acceptors (Lipinski definition) is 7. The molecule has 9 nitrogen and oxygen atoms in total. The highest BCUT2D eigenvalue weighted by Gasteiger charge is 2.21. The Kier molecular flexibility index (Phi) is 4.30. The zero-order valence-electron chi connectivity index (χ0n) is 13.9. The second-order valence-electron chi connectivity index (χ2n) is 5.45. The van der Waals surface area contributed by atoms with E-state index in [0.29, 0.717) is 28.2 Å². The fraction of sp³-hybridized carbons (Fsp3) is 0.0588. The van der Waals surface area contributed by atoms with E-state index >= 15 is 0 Å². The first-order chi connectivity index (χ1) is 13.2. The molecule has 0 unspecified atom stereocenters. The number of pyridine rings is 1. The van der Waals surface area contributed by atoms with Gasteiger partial charge < -0.3 is 0 Å². The first kappa shape index (κ1) is 16.8. The standard InChI is InChI=1S/C17H12N7O2S/c1-2-9-23-16(25)11-10-18-17(27-26)21-15(11)24(23)14-7-3-5-12(20-14)13-6-4-8-19-22-13/h2-8,10H,1,9H2/q+1. The van der Waals surface area contributed by atoms with E-state index in [2.05, 4.69) is 31.7 Å². The van der Waals surface area contributed by atoms with Crippen molar-refractivity contribution in [2.45, 2.75) is 11.7 Å². The smallest absolute Gasteiger partial charge is 0.267 e. The highest BCUT2D eigenvalue weighted by Crippen LogP contribution is 2.18. The van der Waals surface area contributed by atoms with Crippen LogP contribution in [0, 0.1) is 0 Å². The summed E-state index contributed by atoms with van der Waals surface area (Å²) in [6, 6.07) is 8.89. The van der Waals surface area contributed by atoms with Gasteiger partial charge in [-0.15, -0.1) is 11.7 Å². The van der Waals surface area contributed by atoms with E-state index in [9.17, 15) is 9.00 Å². The van der Waals surface area contributed by atoms with Crippen molar-refractivity contribution in [3.05, 3.63) is 65.7 Å². The summed E-state index contributed by atoms with van der Waals surface area (Å²) >= 11 is 0.160. The van der Waals surface area contributed by atoms with E-state index in [1.165, 1.54) is 10.9 Å². The van der Waals surface area contributed by atoms with Gasteiger partial charge in [0.05, 0.1) is 18.4 Å². The number of rotatable bonds is 5. The molecule has 0 N–H and O–H groups in total. The third-order valence-electron chi connectivity index (χ3n) is 3.82. The highest BCUT2D eigenvalue weighted by molar-refractivity contribution is 7.65. The van der Waals surface area contributed by atoms with Gasteiger partial charge in [-0.05, 0) is 24.3 Å². The van der Waals surface area contributed by atoms with E-state index in [-0.39, 0.29) is 28.9 Å². The molecule has 132 valence electrons. The Balaban J connectivity index is 2.00. The van der Waals surface area contributed by atoms with Crippen molar-refractivity contribution in [3.63, 3.8) is 0 Å². The predicted molar refractivity (Wildman–Crippen MR) is 98.5 cm³/mol. The number of hydrogen-bond donors (Lipinski definition) is 0. The zero-order chi connectivity index (χ0) is 18.8. The quantitative estimate of drug-likeness (QED) is 0.293. The van der Waals surface area contributed by atoms with E-state index in [0.717, 1.165) is 0 Å². The molecule has 0 atom stereocenters. The molecule has 0 amide bonds. The maximum Gasteiger partial charge on any atom is 0.550 e.